The summed E-state index contributed by atoms with van der Waals surface area (Å²) in [7, 11) is 5.47. The lowest BCUT2D eigenvalue weighted by Gasteiger charge is -2.25. The molecule has 0 aliphatic rings. The summed E-state index contributed by atoms with van der Waals surface area (Å²) in [5, 5.41) is 7.43. The van der Waals surface area contributed by atoms with E-state index in [4.69, 9.17) is 4.74 Å². The summed E-state index contributed by atoms with van der Waals surface area (Å²) in [4.78, 5) is 14.8. The second kappa shape index (κ2) is 8.71. The second-order valence-electron chi connectivity index (χ2n) is 6.94. The molecule has 2 aromatic carbocycles. The normalized spacial score (nSPS) is 12.0. The van der Waals surface area contributed by atoms with E-state index in [-0.39, 0.29) is 11.9 Å². The highest BCUT2D eigenvalue weighted by Gasteiger charge is 2.24. The quantitative estimate of drug-likeness (QED) is 0.686. The van der Waals surface area contributed by atoms with E-state index in [1.807, 2.05) is 80.6 Å². The van der Waals surface area contributed by atoms with Gasteiger partial charge in [0, 0.05) is 24.4 Å². The lowest BCUT2D eigenvalue weighted by atomic mass is 10.00. The van der Waals surface area contributed by atoms with E-state index in [2.05, 4.69) is 10.4 Å². The molecule has 6 heteroatoms. The van der Waals surface area contributed by atoms with Gasteiger partial charge in [0.2, 0.25) is 5.91 Å². The maximum atomic E-state index is 12.9. The van der Waals surface area contributed by atoms with Crippen LogP contribution in [0.25, 0.3) is 5.69 Å². The Morgan fingerprint density at radius 3 is 2.71 bits per heavy atom. The minimum absolute atomic E-state index is 0.0339. The minimum atomic E-state index is -0.338. The van der Waals surface area contributed by atoms with Crippen LogP contribution in [0.2, 0.25) is 0 Å². The molecule has 1 heterocycles. The van der Waals surface area contributed by atoms with Crippen molar-refractivity contribution in [1.82, 2.24) is 20.0 Å². The molecule has 1 atom stereocenters. The van der Waals surface area contributed by atoms with Crippen LogP contribution in [-0.4, -0.2) is 41.8 Å². The predicted octanol–water partition coefficient (Wildman–Crippen LogP) is 3.11. The third kappa shape index (κ3) is 4.40. The maximum absolute atomic E-state index is 12.9. The number of benzene rings is 2. The zero-order valence-corrected chi connectivity index (χ0v) is 16.7. The summed E-state index contributed by atoms with van der Waals surface area (Å²) < 4.78 is 7.03. The van der Waals surface area contributed by atoms with Gasteiger partial charge in [0.05, 0.1) is 19.0 Å². The standard InChI is InChI=1S/C22H26N4O2/c1-16-8-5-6-11-20(16)21(25(2)3)22(27)23-13-17-14-24-26(15-17)18-9-7-10-19(12-18)28-4/h5-12,14-15,21H,13H2,1-4H3,(H,23,27). The van der Waals surface area contributed by atoms with E-state index in [0.717, 1.165) is 28.1 Å². The summed E-state index contributed by atoms with van der Waals surface area (Å²) >= 11 is 0. The van der Waals surface area contributed by atoms with Crippen LogP contribution in [0.3, 0.4) is 0 Å². The summed E-state index contributed by atoms with van der Waals surface area (Å²) in [6.07, 6.45) is 3.67. The molecule has 3 aromatic rings. The number of nitrogens with one attached hydrogen (secondary N) is 1. The van der Waals surface area contributed by atoms with Crippen LogP contribution in [0, 0.1) is 6.92 Å². The molecule has 28 heavy (non-hydrogen) atoms. The fourth-order valence-electron chi connectivity index (χ4n) is 3.18. The largest absolute Gasteiger partial charge is 0.497 e. The molecule has 1 unspecified atom stereocenters. The van der Waals surface area contributed by atoms with Gasteiger partial charge in [0.1, 0.15) is 11.8 Å². The van der Waals surface area contributed by atoms with Crippen LogP contribution < -0.4 is 10.1 Å². The van der Waals surface area contributed by atoms with E-state index in [9.17, 15) is 4.79 Å². The Balaban J connectivity index is 1.70. The number of nitrogens with zero attached hydrogens (tertiary/aromatic N) is 3. The average molecular weight is 378 g/mol. The van der Waals surface area contributed by atoms with Gasteiger partial charge in [-0.3, -0.25) is 9.69 Å². The van der Waals surface area contributed by atoms with Gasteiger partial charge >= 0.3 is 0 Å². The number of likely N-dealkylation sites (N-methyl/N-ethyl adjacent to an activating group) is 1. The molecule has 0 fully saturated rings. The summed E-state index contributed by atoms with van der Waals surface area (Å²) in [6, 6.07) is 15.3. The fourth-order valence-corrected chi connectivity index (χ4v) is 3.18. The SMILES string of the molecule is COc1cccc(-n2cc(CNC(=O)C(c3ccccc3C)N(C)C)cn2)c1. The highest BCUT2D eigenvalue weighted by molar-refractivity contribution is 5.83. The zero-order chi connectivity index (χ0) is 20.1. The molecule has 6 nitrogen and oxygen atoms in total. The van der Waals surface area contributed by atoms with Crippen LogP contribution in [0.15, 0.2) is 60.9 Å². The van der Waals surface area contributed by atoms with Gasteiger partial charge < -0.3 is 10.1 Å². The lowest BCUT2D eigenvalue weighted by molar-refractivity contribution is -0.126. The molecule has 1 amide bonds. The van der Waals surface area contributed by atoms with E-state index in [0.29, 0.717) is 6.54 Å². The maximum Gasteiger partial charge on any atom is 0.242 e. The fraction of sp³-hybridized carbons (Fsp3) is 0.273. The van der Waals surface area contributed by atoms with Gasteiger partial charge in [-0.1, -0.05) is 30.3 Å². The number of hydrogen-bond donors (Lipinski definition) is 1. The number of ether oxygens (including phenoxy) is 1. The first kappa shape index (κ1) is 19.6. The van der Waals surface area contributed by atoms with Crippen LogP contribution in [0.1, 0.15) is 22.7 Å². The molecule has 0 radical (unpaired) electrons. The lowest BCUT2D eigenvalue weighted by Crippen LogP contribution is -2.37. The van der Waals surface area contributed by atoms with Crippen LogP contribution in [0.4, 0.5) is 0 Å². The van der Waals surface area contributed by atoms with Gasteiger partial charge in [0.15, 0.2) is 0 Å². The molecule has 0 saturated carbocycles. The zero-order valence-electron chi connectivity index (χ0n) is 16.7. The Labute approximate surface area is 165 Å². The average Bonchev–Trinajstić information content (AvgIpc) is 3.17. The van der Waals surface area contributed by atoms with Crippen molar-refractivity contribution >= 4 is 5.91 Å². The molecular weight excluding hydrogens is 352 g/mol. The highest BCUT2D eigenvalue weighted by atomic mass is 16.5. The molecule has 1 N–H and O–H groups in total. The molecular formula is C22H26N4O2. The first-order chi connectivity index (χ1) is 13.5. The highest BCUT2D eigenvalue weighted by Crippen LogP contribution is 2.22. The van der Waals surface area contributed by atoms with Crippen molar-refractivity contribution in [1.29, 1.82) is 0 Å². The Morgan fingerprint density at radius 2 is 2.00 bits per heavy atom. The first-order valence-corrected chi connectivity index (χ1v) is 9.17. The number of hydrogen-bond acceptors (Lipinski definition) is 4. The van der Waals surface area contributed by atoms with Crippen LogP contribution in [0.5, 0.6) is 5.75 Å². The summed E-state index contributed by atoms with van der Waals surface area (Å²) in [5.74, 6) is 0.739. The number of carbonyl (C=O) groups is 1. The third-order valence-electron chi connectivity index (χ3n) is 4.67. The topological polar surface area (TPSA) is 59.4 Å². The minimum Gasteiger partial charge on any atom is -0.497 e. The number of amides is 1. The second-order valence-corrected chi connectivity index (χ2v) is 6.94. The monoisotopic (exact) mass is 378 g/mol. The van der Waals surface area contributed by atoms with Gasteiger partial charge in [-0.25, -0.2) is 4.68 Å². The number of rotatable bonds is 7. The number of aromatic nitrogens is 2. The third-order valence-corrected chi connectivity index (χ3v) is 4.67. The van der Waals surface area contributed by atoms with Crippen LogP contribution >= 0.6 is 0 Å². The van der Waals surface area contributed by atoms with Crippen molar-refractivity contribution in [3.05, 3.63) is 77.6 Å². The molecule has 0 aliphatic carbocycles. The molecule has 0 spiro atoms. The van der Waals surface area contributed by atoms with Gasteiger partial charge in [0.25, 0.3) is 0 Å². The number of carbonyl (C=O) groups excluding carboxylic acids is 1. The molecule has 0 saturated heterocycles. The Hall–Kier alpha value is -3.12. The van der Waals surface area contributed by atoms with Crippen molar-refractivity contribution in [2.45, 2.75) is 19.5 Å². The first-order valence-electron chi connectivity index (χ1n) is 9.17. The van der Waals surface area contributed by atoms with E-state index < -0.39 is 0 Å². The van der Waals surface area contributed by atoms with E-state index in [1.165, 1.54) is 0 Å². The van der Waals surface area contributed by atoms with Gasteiger partial charge in [-0.15, -0.1) is 0 Å². The van der Waals surface area contributed by atoms with Crippen molar-refractivity contribution in [2.24, 2.45) is 0 Å². The molecule has 3 rings (SSSR count). The summed E-state index contributed by atoms with van der Waals surface area (Å²) in [5.41, 5.74) is 3.95. The molecule has 0 bridgehead atoms. The Bertz CT molecular complexity index is 949. The predicted molar refractivity (Wildman–Crippen MR) is 110 cm³/mol. The van der Waals surface area contributed by atoms with Crippen molar-refractivity contribution in [2.75, 3.05) is 21.2 Å². The summed E-state index contributed by atoms with van der Waals surface area (Å²) in [6.45, 7) is 2.44. The van der Waals surface area contributed by atoms with Gasteiger partial charge in [-0.05, 0) is 44.3 Å². The van der Waals surface area contributed by atoms with E-state index >= 15 is 0 Å². The number of aryl methyl sites for hydroxylation is 1. The van der Waals surface area contributed by atoms with Gasteiger partial charge in [-0.2, -0.15) is 5.10 Å². The number of methoxy groups -OCH3 is 1. The molecule has 146 valence electrons. The van der Waals surface area contributed by atoms with Crippen molar-refractivity contribution in [3.63, 3.8) is 0 Å². The molecule has 0 aliphatic heterocycles. The smallest absolute Gasteiger partial charge is 0.242 e. The van der Waals surface area contributed by atoms with E-state index in [1.54, 1.807) is 18.0 Å². The Kier molecular flexibility index (Phi) is 6.11. The molecule has 1 aromatic heterocycles. The Morgan fingerprint density at radius 1 is 1.21 bits per heavy atom. The van der Waals surface area contributed by atoms with Crippen LogP contribution in [-0.2, 0) is 11.3 Å². The van der Waals surface area contributed by atoms with Crippen molar-refractivity contribution in [3.8, 4) is 11.4 Å². The van der Waals surface area contributed by atoms with Crippen molar-refractivity contribution < 1.29 is 9.53 Å².